The normalized spacial score (nSPS) is 19.3. The Labute approximate surface area is 171 Å². The van der Waals surface area contributed by atoms with E-state index in [1.54, 1.807) is 19.7 Å². The van der Waals surface area contributed by atoms with Crippen molar-refractivity contribution < 1.29 is 4.79 Å². The molecule has 140 valence electrons. The van der Waals surface area contributed by atoms with Crippen molar-refractivity contribution >= 4 is 45.5 Å². The zero-order valence-electron chi connectivity index (χ0n) is 15.0. The summed E-state index contributed by atoms with van der Waals surface area (Å²) in [7, 11) is 1.69. The molecule has 3 aromatic rings. The number of imidazole rings is 1. The van der Waals surface area contributed by atoms with E-state index in [9.17, 15) is 4.79 Å². The molecule has 0 spiro atoms. The second kappa shape index (κ2) is 7.79. The van der Waals surface area contributed by atoms with Gasteiger partial charge < -0.3 is 15.2 Å². The molecule has 8 heteroatoms. The lowest BCUT2D eigenvalue weighted by molar-refractivity contribution is -0.125. The molecule has 0 saturated heterocycles. The summed E-state index contributed by atoms with van der Waals surface area (Å²) in [5, 5.41) is 6.17. The van der Waals surface area contributed by atoms with Crippen molar-refractivity contribution in [3.63, 3.8) is 0 Å². The zero-order chi connectivity index (χ0) is 18.8. The van der Waals surface area contributed by atoms with Crippen LogP contribution >= 0.6 is 22.6 Å². The van der Waals surface area contributed by atoms with Gasteiger partial charge in [-0.15, -0.1) is 0 Å². The van der Waals surface area contributed by atoms with Gasteiger partial charge in [-0.2, -0.15) is 0 Å². The molecule has 1 amide bonds. The minimum Gasteiger partial charge on any atom is -0.364 e. The molecule has 2 aromatic heterocycles. The van der Waals surface area contributed by atoms with Gasteiger partial charge in [0.1, 0.15) is 11.8 Å². The average molecular weight is 476 g/mol. The number of benzene rings is 1. The quantitative estimate of drug-likeness (QED) is 0.553. The number of nitrogens with zero attached hydrogens (tertiary/aromatic N) is 4. The minimum absolute atomic E-state index is 0.0373. The smallest absolute Gasteiger partial charge is 0.224 e. The highest BCUT2D eigenvalue weighted by molar-refractivity contribution is 14.1. The molecule has 1 aliphatic carbocycles. The van der Waals surface area contributed by atoms with Crippen LogP contribution in [0.2, 0.25) is 0 Å². The summed E-state index contributed by atoms with van der Waals surface area (Å²) in [5.41, 5.74) is 2.72. The van der Waals surface area contributed by atoms with Crippen molar-refractivity contribution in [2.24, 2.45) is 5.92 Å². The van der Waals surface area contributed by atoms with Crippen LogP contribution in [0.25, 0.3) is 11.2 Å². The van der Waals surface area contributed by atoms with Crippen molar-refractivity contribution in [2.75, 3.05) is 12.4 Å². The third-order valence-electron chi connectivity index (χ3n) is 5.18. The minimum atomic E-state index is -0.0373. The van der Waals surface area contributed by atoms with E-state index in [-0.39, 0.29) is 17.9 Å². The Hall–Kier alpha value is -2.23. The van der Waals surface area contributed by atoms with Gasteiger partial charge in [0.25, 0.3) is 0 Å². The number of nitrogens with one attached hydrogen (secondary N) is 2. The van der Waals surface area contributed by atoms with Gasteiger partial charge in [0, 0.05) is 23.2 Å². The Bertz CT molecular complexity index is 972. The monoisotopic (exact) mass is 476 g/mol. The molecule has 2 N–H and O–H groups in total. The standard InChI is InChI=1S/C19H21IN6O/c1-21-19(27)13-6-4-8-15(13)26-11-25-16-17(23-10-24-18(16)26)22-9-12-5-2-3-7-14(12)20/h2-3,5,7,10-11,13,15H,4,6,8-9H2,1H3,(H,21,27)(H,22,23,24). The van der Waals surface area contributed by atoms with E-state index < -0.39 is 0 Å². The second-order valence-electron chi connectivity index (χ2n) is 6.71. The highest BCUT2D eigenvalue weighted by Gasteiger charge is 2.34. The fourth-order valence-corrected chi connectivity index (χ4v) is 4.39. The summed E-state index contributed by atoms with van der Waals surface area (Å²) < 4.78 is 3.25. The van der Waals surface area contributed by atoms with Crippen molar-refractivity contribution in [2.45, 2.75) is 31.8 Å². The molecule has 0 radical (unpaired) electrons. The van der Waals surface area contributed by atoms with Gasteiger partial charge in [0.05, 0.1) is 12.2 Å². The third-order valence-corrected chi connectivity index (χ3v) is 6.24. The highest BCUT2D eigenvalue weighted by Crippen LogP contribution is 2.37. The number of hydrogen-bond acceptors (Lipinski definition) is 5. The summed E-state index contributed by atoms with van der Waals surface area (Å²) in [6.07, 6.45) is 6.24. The summed E-state index contributed by atoms with van der Waals surface area (Å²) in [6.45, 7) is 0.669. The Morgan fingerprint density at radius 1 is 1.26 bits per heavy atom. The Morgan fingerprint density at radius 3 is 2.93 bits per heavy atom. The molecule has 1 aromatic carbocycles. The van der Waals surface area contributed by atoms with Crippen LogP contribution in [0, 0.1) is 9.49 Å². The molecular weight excluding hydrogens is 455 g/mol. The zero-order valence-corrected chi connectivity index (χ0v) is 17.2. The van der Waals surface area contributed by atoms with Gasteiger partial charge in [-0.05, 0) is 47.1 Å². The first-order chi connectivity index (χ1) is 13.2. The molecule has 2 unspecified atom stereocenters. The van der Waals surface area contributed by atoms with Crippen LogP contribution in [0.1, 0.15) is 30.9 Å². The highest BCUT2D eigenvalue weighted by atomic mass is 127. The first kappa shape index (κ1) is 18.1. The molecule has 1 aliphatic rings. The lowest BCUT2D eigenvalue weighted by atomic mass is 10.0. The van der Waals surface area contributed by atoms with Crippen LogP contribution in [-0.2, 0) is 11.3 Å². The molecule has 1 saturated carbocycles. The number of fused-ring (bicyclic) bond motifs is 1. The summed E-state index contributed by atoms with van der Waals surface area (Å²) in [6, 6.07) is 8.33. The van der Waals surface area contributed by atoms with Crippen molar-refractivity contribution in [3.8, 4) is 0 Å². The van der Waals surface area contributed by atoms with Crippen molar-refractivity contribution in [1.29, 1.82) is 0 Å². The molecule has 0 aliphatic heterocycles. The van der Waals surface area contributed by atoms with Gasteiger partial charge in [-0.3, -0.25) is 4.79 Å². The maximum absolute atomic E-state index is 12.2. The molecule has 7 nitrogen and oxygen atoms in total. The fourth-order valence-electron chi connectivity index (χ4n) is 3.81. The molecular formula is C19H21IN6O. The van der Waals surface area contributed by atoms with Gasteiger partial charge >= 0.3 is 0 Å². The average Bonchev–Trinajstić information content (AvgIpc) is 3.33. The van der Waals surface area contributed by atoms with Crippen molar-refractivity contribution in [1.82, 2.24) is 24.8 Å². The van der Waals surface area contributed by atoms with E-state index in [2.05, 4.69) is 60.3 Å². The largest absolute Gasteiger partial charge is 0.364 e. The van der Waals surface area contributed by atoms with E-state index in [4.69, 9.17) is 0 Å². The van der Waals surface area contributed by atoms with E-state index in [0.29, 0.717) is 12.4 Å². The number of anilines is 1. The number of hydrogen-bond donors (Lipinski definition) is 2. The van der Waals surface area contributed by atoms with Gasteiger partial charge in [0.2, 0.25) is 5.91 Å². The van der Waals surface area contributed by atoms with Crippen LogP contribution in [0.15, 0.2) is 36.9 Å². The van der Waals surface area contributed by atoms with E-state index in [1.165, 1.54) is 9.13 Å². The molecule has 1 fully saturated rings. The maximum Gasteiger partial charge on any atom is 0.224 e. The van der Waals surface area contributed by atoms with E-state index in [0.717, 1.165) is 30.4 Å². The Balaban J connectivity index is 1.62. The predicted octanol–water partition coefficient (Wildman–Crippen LogP) is 3.13. The molecule has 2 heterocycles. The molecule has 4 rings (SSSR count). The van der Waals surface area contributed by atoms with Crippen molar-refractivity contribution in [3.05, 3.63) is 46.1 Å². The summed E-state index contributed by atoms with van der Waals surface area (Å²) in [5.74, 6) is 0.767. The van der Waals surface area contributed by atoms with E-state index >= 15 is 0 Å². The predicted molar refractivity (Wildman–Crippen MR) is 112 cm³/mol. The lowest BCUT2D eigenvalue weighted by Gasteiger charge is -2.20. The number of amides is 1. The Morgan fingerprint density at radius 2 is 2.11 bits per heavy atom. The lowest BCUT2D eigenvalue weighted by Crippen LogP contribution is -2.30. The topological polar surface area (TPSA) is 84.7 Å². The number of aromatic nitrogens is 4. The number of carbonyl (C=O) groups excluding carboxylic acids is 1. The first-order valence-corrected chi connectivity index (χ1v) is 10.1. The van der Waals surface area contributed by atoms with Gasteiger partial charge in [0.15, 0.2) is 11.5 Å². The first-order valence-electron chi connectivity index (χ1n) is 9.05. The van der Waals surface area contributed by atoms with Crippen LogP contribution in [0.3, 0.4) is 0 Å². The maximum atomic E-state index is 12.2. The number of halogens is 1. The molecule has 0 bridgehead atoms. The fraction of sp³-hybridized carbons (Fsp3) is 0.368. The second-order valence-corrected chi connectivity index (χ2v) is 7.87. The molecule has 2 atom stereocenters. The van der Waals surface area contributed by atoms with Crippen LogP contribution in [-0.4, -0.2) is 32.5 Å². The molecule has 27 heavy (non-hydrogen) atoms. The van der Waals surface area contributed by atoms with Crippen LogP contribution in [0.4, 0.5) is 5.82 Å². The summed E-state index contributed by atoms with van der Waals surface area (Å²) >= 11 is 2.33. The van der Waals surface area contributed by atoms with Crippen LogP contribution in [0.5, 0.6) is 0 Å². The number of carbonyl (C=O) groups is 1. The van der Waals surface area contributed by atoms with Gasteiger partial charge in [-0.1, -0.05) is 24.6 Å². The third kappa shape index (κ3) is 3.50. The number of rotatable bonds is 5. The van der Waals surface area contributed by atoms with Crippen LogP contribution < -0.4 is 10.6 Å². The van der Waals surface area contributed by atoms with Gasteiger partial charge in [-0.25, -0.2) is 15.0 Å². The summed E-state index contributed by atoms with van der Waals surface area (Å²) in [4.78, 5) is 25.6. The SMILES string of the molecule is CNC(=O)C1CCCC1n1cnc2c(NCc3ccccc3I)ncnc21. The van der Waals surface area contributed by atoms with E-state index in [1.807, 2.05) is 16.7 Å². The Kier molecular flexibility index (Phi) is 5.24.